The van der Waals surface area contributed by atoms with Gasteiger partial charge in [0, 0.05) is 0 Å². The van der Waals surface area contributed by atoms with Crippen molar-refractivity contribution in [3.05, 3.63) is 16.3 Å². The third-order valence-corrected chi connectivity index (χ3v) is 2.58. The SMILES string of the molecule is CC(C)(C(=O)O)n1cc([N+](=O)[O-])c(OCCC(F)(F)F)n1. The van der Waals surface area contributed by atoms with E-state index in [0.29, 0.717) is 0 Å². The predicted octanol–water partition coefficient (Wildman–Crippen LogP) is 1.94. The number of rotatable bonds is 6. The van der Waals surface area contributed by atoms with Crippen molar-refractivity contribution in [3.8, 4) is 5.88 Å². The molecule has 0 spiro atoms. The number of halogens is 3. The van der Waals surface area contributed by atoms with Crippen molar-refractivity contribution in [2.24, 2.45) is 0 Å². The third kappa shape index (κ3) is 4.07. The highest BCUT2D eigenvalue weighted by atomic mass is 19.4. The van der Waals surface area contributed by atoms with Crippen LogP contribution in [0.15, 0.2) is 6.20 Å². The molecule has 0 saturated carbocycles. The fourth-order valence-corrected chi connectivity index (χ4v) is 1.22. The lowest BCUT2D eigenvalue weighted by Crippen LogP contribution is -2.36. The van der Waals surface area contributed by atoms with E-state index in [9.17, 15) is 28.1 Å². The Bertz CT molecular complexity index is 553. The number of carboxylic acids is 1. The Labute approximate surface area is 116 Å². The molecule has 21 heavy (non-hydrogen) atoms. The maximum Gasteiger partial charge on any atom is 0.392 e. The van der Waals surface area contributed by atoms with Crippen LogP contribution in [0, 0.1) is 10.1 Å². The first kappa shape index (κ1) is 16.7. The highest BCUT2D eigenvalue weighted by Crippen LogP contribution is 2.29. The van der Waals surface area contributed by atoms with Crippen molar-refractivity contribution in [1.82, 2.24) is 9.78 Å². The largest absolute Gasteiger partial charge is 0.479 e. The Morgan fingerprint density at radius 1 is 1.52 bits per heavy atom. The van der Waals surface area contributed by atoms with Crippen LogP contribution in [-0.4, -0.2) is 38.6 Å². The van der Waals surface area contributed by atoms with Crippen LogP contribution >= 0.6 is 0 Å². The highest BCUT2D eigenvalue weighted by Gasteiger charge is 2.35. The van der Waals surface area contributed by atoms with E-state index in [4.69, 9.17) is 5.11 Å². The van der Waals surface area contributed by atoms with Gasteiger partial charge in [0.15, 0.2) is 5.54 Å². The lowest BCUT2D eigenvalue weighted by molar-refractivity contribution is -0.386. The normalized spacial score (nSPS) is 12.2. The van der Waals surface area contributed by atoms with E-state index >= 15 is 0 Å². The minimum Gasteiger partial charge on any atom is -0.479 e. The van der Waals surface area contributed by atoms with Gasteiger partial charge in [-0.25, -0.2) is 9.48 Å². The molecule has 8 nitrogen and oxygen atoms in total. The summed E-state index contributed by atoms with van der Waals surface area (Å²) in [5.41, 5.74) is -2.32. The Hall–Kier alpha value is -2.33. The zero-order chi connectivity index (χ0) is 16.4. The number of carbonyl (C=O) groups is 1. The van der Waals surface area contributed by atoms with Crippen LogP contribution in [0.3, 0.4) is 0 Å². The molecular weight excluding hydrogens is 299 g/mol. The number of aliphatic carboxylic acids is 1. The fourth-order valence-electron chi connectivity index (χ4n) is 1.22. The summed E-state index contributed by atoms with van der Waals surface area (Å²) in [6.45, 7) is 1.60. The average molecular weight is 311 g/mol. The van der Waals surface area contributed by atoms with Gasteiger partial charge < -0.3 is 9.84 Å². The lowest BCUT2D eigenvalue weighted by Gasteiger charge is -2.18. The zero-order valence-corrected chi connectivity index (χ0v) is 11.0. The van der Waals surface area contributed by atoms with Crippen molar-refractivity contribution in [2.45, 2.75) is 32.0 Å². The number of hydrogen-bond donors (Lipinski definition) is 1. The summed E-state index contributed by atoms with van der Waals surface area (Å²) in [6, 6.07) is 0. The van der Waals surface area contributed by atoms with Crippen LogP contribution in [0.4, 0.5) is 18.9 Å². The third-order valence-electron chi connectivity index (χ3n) is 2.58. The lowest BCUT2D eigenvalue weighted by atomic mass is 10.1. The second-order valence-corrected chi connectivity index (χ2v) is 4.60. The van der Waals surface area contributed by atoms with Crippen LogP contribution < -0.4 is 4.74 Å². The highest BCUT2D eigenvalue weighted by molar-refractivity contribution is 5.75. The Morgan fingerprint density at radius 3 is 2.52 bits per heavy atom. The number of carboxylic acid groups (broad SMARTS) is 1. The molecule has 0 amide bonds. The molecule has 11 heteroatoms. The van der Waals surface area contributed by atoms with E-state index in [1.165, 1.54) is 13.8 Å². The van der Waals surface area contributed by atoms with E-state index in [-0.39, 0.29) is 0 Å². The van der Waals surface area contributed by atoms with Gasteiger partial charge >= 0.3 is 23.7 Å². The number of nitro groups is 1. The Balaban J connectivity index is 3.01. The standard InChI is InChI=1S/C10H12F3N3O5/c1-9(2,8(17)18)15-5-6(16(19)20)7(14-15)21-4-3-10(11,12)13/h5H,3-4H2,1-2H3,(H,17,18). The number of hydrogen-bond acceptors (Lipinski definition) is 5. The number of aromatic nitrogens is 2. The predicted molar refractivity (Wildman–Crippen MR) is 62.0 cm³/mol. The molecule has 0 aliphatic heterocycles. The van der Waals surface area contributed by atoms with Crippen molar-refractivity contribution in [3.63, 3.8) is 0 Å². The molecule has 0 aliphatic rings. The zero-order valence-electron chi connectivity index (χ0n) is 11.0. The average Bonchev–Trinajstić information content (AvgIpc) is 2.71. The van der Waals surface area contributed by atoms with Crippen molar-refractivity contribution < 1.29 is 32.7 Å². The molecule has 0 bridgehead atoms. The molecule has 0 saturated heterocycles. The summed E-state index contributed by atoms with van der Waals surface area (Å²) in [5, 5.41) is 23.3. The van der Waals surface area contributed by atoms with Gasteiger partial charge in [0.25, 0.3) is 0 Å². The van der Waals surface area contributed by atoms with Gasteiger partial charge in [0.2, 0.25) is 0 Å². The molecule has 1 N–H and O–H groups in total. The molecule has 1 rings (SSSR count). The summed E-state index contributed by atoms with van der Waals surface area (Å²) in [7, 11) is 0. The van der Waals surface area contributed by atoms with Gasteiger partial charge in [-0.15, -0.1) is 5.10 Å². The van der Waals surface area contributed by atoms with E-state index in [2.05, 4.69) is 9.84 Å². The van der Waals surface area contributed by atoms with Crippen molar-refractivity contribution >= 4 is 11.7 Å². The molecule has 1 heterocycles. The quantitative estimate of drug-likeness (QED) is 0.635. The number of ether oxygens (including phenoxy) is 1. The molecule has 1 aromatic rings. The van der Waals surface area contributed by atoms with Gasteiger partial charge in [-0.3, -0.25) is 10.1 Å². The molecular formula is C10H12F3N3O5. The first-order valence-corrected chi connectivity index (χ1v) is 5.62. The summed E-state index contributed by atoms with van der Waals surface area (Å²) in [5.74, 6) is -1.97. The van der Waals surface area contributed by atoms with Crippen LogP contribution in [0.25, 0.3) is 0 Å². The van der Waals surface area contributed by atoms with Gasteiger partial charge in [-0.2, -0.15) is 13.2 Å². The van der Waals surface area contributed by atoms with E-state index in [1.54, 1.807) is 0 Å². The second kappa shape index (κ2) is 5.58. The minimum absolute atomic E-state index is 0.654. The van der Waals surface area contributed by atoms with Crippen LogP contribution in [0.2, 0.25) is 0 Å². The van der Waals surface area contributed by atoms with E-state index in [1.807, 2.05) is 0 Å². The van der Waals surface area contributed by atoms with Gasteiger partial charge in [-0.05, 0) is 13.8 Å². The Kier molecular flexibility index (Phi) is 4.44. The smallest absolute Gasteiger partial charge is 0.392 e. The van der Waals surface area contributed by atoms with E-state index in [0.717, 1.165) is 10.9 Å². The van der Waals surface area contributed by atoms with Crippen LogP contribution in [-0.2, 0) is 10.3 Å². The molecule has 0 aliphatic carbocycles. The molecule has 0 unspecified atom stereocenters. The van der Waals surface area contributed by atoms with Gasteiger partial charge in [0.1, 0.15) is 6.20 Å². The number of nitrogens with zero attached hydrogens (tertiary/aromatic N) is 3. The summed E-state index contributed by atoms with van der Waals surface area (Å²) >= 11 is 0. The second-order valence-electron chi connectivity index (χ2n) is 4.60. The summed E-state index contributed by atoms with van der Waals surface area (Å²) in [6.07, 6.45) is -4.98. The molecule has 1 aromatic heterocycles. The molecule has 0 atom stereocenters. The maximum atomic E-state index is 12.0. The van der Waals surface area contributed by atoms with Gasteiger partial charge in [0.05, 0.1) is 18.0 Å². The maximum absolute atomic E-state index is 12.0. The van der Waals surface area contributed by atoms with Crippen molar-refractivity contribution in [2.75, 3.05) is 6.61 Å². The first-order chi connectivity index (χ1) is 9.45. The first-order valence-electron chi connectivity index (χ1n) is 5.62. The van der Waals surface area contributed by atoms with Crippen molar-refractivity contribution in [1.29, 1.82) is 0 Å². The fraction of sp³-hybridized carbons (Fsp3) is 0.600. The molecule has 0 fully saturated rings. The molecule has 0 radical (unpaired) electrons. The summed E-state index contributed by atoms with van der Waals surface area (Å²) < 4.78 is 41.4. The summed E-state index contributed by atoms with van der Waals surface area (Å²) in [4.78, 5) is 20.9. The molecule has 0 aromatic carbocycles. The van der Waals surface area contributed by atoms with E-state index < -0.39 is 47.2 Å². The number of alkyl halides is 3. The van der Waals surface area contributed by atoms with Crippen LogP contribution in [0.5, 0.6) is 5.88 Å². The molecule has 118 valence electrons. The van der Waals surface area contributed by atoms with Crippen LogP contribution in [0.1, 0.15) is 20.3 Å². The minimum atomic E-state index is -4.47. The monoisotopic (exact) mass is 311 g/mol. The Morgan fingerprint density at radius 2 is 2.10 bits per heavy atom. The topological polar surface area (TPSA) is 107 Å². The van der Waals surface area contributed by atoms with Gasteiger partial charge in [-0.1, -0.05) is 0 Å².